The lowest BCUT2D eigenvalue weighted by atomic mass is 9.92. The first-order valence-corrected chi connectivity index (χ1v) is 5.36. The third kappa shape index (κ3) is 2.94. The summed E-state index contributed by atoms with van der Waals surface area (Å²) < 4.78 is 4.47. The number of rotatable bonds is 0. The number of benzene rings is 1. The summed E-state index contributed by atoms with van der Waals surface area (Å²) in [5.74, 6) is 0. The molecule has 3 rings (SSSR count). The van der Waals surface area contributed by atoms with E-state index in [9.17, 15) is 0 Å². The van der Waals surface area contributed by atoms with Crippen LogP contribution in [-0.4, -0.2) is 4.98 Å². The zero-order valence-electron chi connectivity index (χ0n) is 8.73. The highest BCUT2D eigenvalue weighted by Crippen LogP contribution is 2.19. The van der Waals surface area contributed by atoms with E-state index in [4.69, 9.17) is 0 Å². The molecule has 0 unspecified atom stereocenters. The summed E-state index contributed by atoms with van der Waals surface area (Å²) in [7, 11) is 0. The molecule has 1 aromatic heterocycles. The highest BCUT2D eigenvalue weighted by molar-refractivity contribution is 5.28. The van der Waals surface area contributed by atoms with Crippen molar-refractivity contribution in [3.05, 3.63) is 54.2 Å². The minimum absolute atomic E-state index is 1.30. The molecule has 0 spiro atoms. The summed E-state index contributed by atoms with van der Waals surface area (Å²) in [4.78, 5) is 3.56. The molecular formula is C13H15NO. The topological polar surface area (TPSA) is 26.0 Å². The van der Waals surface area contributed by atoms with E-state index in [1.54, 1.807) is 17.3 Å². The maximum absolute atomic E-state index is 4.47. The predicted octanol–water partition coefficient (Wildman–Crippen LogP) is 3.24. The van der Waals surface area contributed by atoms with Gasteiger partial charge in [-0.1, -0.05) is 24.3 Å². The third-order valence-corrected chi connectivity index (χ3v) is 2.61. The van der Waals surface area contributed by atoms with Crippen molar-refractivity contribution < 1.29 is 4.42 Å². The Balaban J connectivity index is 0.000000144. The van der Waals surface area contributed by atoms with Crippen LogP contribution < -0.4 is 0 Å². The lowest BCUT2D eigenvalue weighted by Crippen LogP contribution is -2.00. The molecule has 78 valence electrons. The molecule has 2 heteroatoms. The van der Waals surface area contributed by atoms with Gasteiger partial charge >= 0.3 is 0 Å². The number of fused-ring (bicyclic) bond motifs is 1. The number of nitrogens with zero attached hydrogens (tertiary/aromatic N) is 1. The Labute approximate surface area is 90.0 Å². The molecular weight excluding hydrogens is 186 g/mol. The Morgan fingerprint density at radius 1 is 1.00 bits per heavy atom. The van der Waals surface area contributed by atoms with Gasteiger partial charge in [-0.15, -0.1) is 0 Å². The number of hydrogen-bond acceptors (Lipinski definition) is 2. The molecule has 0 aliphatic heterocycles. The van der Waals surface area contributed by atoms with E-state index in [1.165, 1.54) is 38.3 Å². The lowest BCUT2D eigenvalue weighted by Gasteiger charge is -2.13. The maximum atomic E-state index is 4.47. The van der Waals surface area contributed by atoms with Crippen molar-refractivity contribution >= 4 is 0 Å². The van der Waals surface area contributed by atoms with Gasteiger partial charge in [-0.2, -0.15) is 0 Å². The summed E-state index contributed by atoms with van der Waals surface area (Å²) in [6.45, 7) is 0. The highest BCUT2D eigenvalue weighted by atomic mass is 16.3. The molecule has 0 atom stereocenters. The average Bonchev–Trinajstić information content (AvgIpc) is 2.88. The highest BCUT2D eigenvalue weighted by Gasteiger charge is 2.05. The van der Waals surface area contributed by atoms with Crippen molar-refractivity contribution in [1.29, 1.82) is 0 Å². The van der Waals surface area contributed by atoms with Gasteiger partial charge in [0, 0.05) is 0 Å². The van der Waals surface area contributed by atoms with Gasteiger partial charge in [0.05, 0.1) is 6.20 Å². The van der Waals surface area contributed by atoms with Gasteiger partial charge in [0.1, 0.15) is 6.26 Å². The third-order valence-electron chi connectivity index (χ3n) is 2.61. The lowest BCUT2D eigenvalue weighted by molar-refractivity contribution is 0.558. The summed E-state index contributed by atoms with van der Waals surface area (Å²) >= 11 is 0. The number of aryl methyl sites for hydroxylation is 2. The Kier molecular flexibility index (Phi) is 3.55. The zero-order chi connectivity index (χ0) is 10.3. The van der Waals surface area contributed by atoms with E-state index >= 15 is 0 Å². The molecule has 1 aliphatic carbocycles. The van der Waals surface area contributed by atoms with Gasteiger partial charge < -0.3 is 4.42 Å². The summed E-state index contributed by atoms with van der Waals surface area (Å²) in [5.41, 5.74) is 3.16. The first kappa shape index (κ1) is 9.97. The Morgan fingerprint density at radius 3 is 2.07 bits per heavy atom. The van der Waals surface area contributed by atoms with Gasteiger partial charge in [-0.05, 0) is 36.8 Å². The second-order valence-corrected chi connectivity index (χ2v) is 3.65. The van der Waals surface area contributed by atoms with Crippen molar-refractivity contribution in [3.8, 4) is 0 Å². The van der Waals surface area contributed by atoms with Crippen molar-refractivity contribution in [1.82, 2.24) is 4.98 Å². The molecule has 0 saturated heterocycles. The Morgan fingerprint density at radius 2 is 1.67 bits per heavy atom. The van der Waals surface area contributed by atoms with Crippen LogP contribution in [0.4, 0.5) is 0 Å². The monoisotopic (exact) mass is 201 g/mol. The SMILES string of the molecule is c1ccc2c(c1)CCCC2.c1cocn1. The molecule has 15 heavy (non-hydrogen) atoms. The molecule has 1 aromatic carbocycles. The molecule has 2 nitrogen and oxygen atoms in total. The van der Waals surface area contributed by atoms with Gasteiger partial charge in [0.2, 0.25) is 0 Å². The molecule has 2 aromatic rings. The van der Waals surface area contributed by atoms with Crippen LogP contribution in [0.5, 0.6) is 0 Å². The van der Waals surface area contributed by atoms with E-state index in [2.05, 4.69) is 33.7 Å². The smallest absolute Gasteiger partial charge is 0.180 e. The number of oxazole rings is 1. The van der Waals surface area contributed by atoms with Crippen LogP contribution in [0.3, 0.4) is 0 Å². The minimum atomic E-state index is 1.30. The van der Waals surface area contributed by atoms with Crippen molar-refractivity contribution in [3.63, 3.8) is 0 Å². The molecule has 0 saturated carbocycles. The van der Waals surface area contributed by atoms with Crippen LogP contribution in [0.25, 0.3) is 0 Å². The normalized spacial score (nSPS) is 13.6. The van der Waals surface area contributed by atoms with Crippen LogP contribution in [0.1, 0.15) is 24.0 Å². The van der Waals surface area contributed by atoms with Crippen molar-refractivity contribution in [2.75, 3.05) is 0 Å². The number of aromatic nitrogens is 1. The second-order valence-electron chi connectivity index (χ2n) is 3.65. The van der Waals surface area contributed by atoms with Crippen LogP contribution in [0, 0.1) is 0 Å². The van der Waals surface area contributed by atoms with Gasteiger partial charge in [0.15, 0.2) is 6.39 Å². The molecule has 0 amide bonds. The van der Waals surface area contributed by atoms with Crippen LogP contribution in [0.2, 0.25) is 0 Å². The van der Waals surface area contributed by atoms with Crippen LogP contribution >= 0.6 is 0 Å². The predicted molar refractivity (Wildman–Crippen MR) is 59.6 cm³/mol. The Bertz CT molecular complexity index is 339. The van der Waals surface area contributed by atoms with E-state index in [0.717, 1.165) is 0 Å². The molecule has 0 N–H and O–H groups in total. The van der Waals surface area contributed by atoms with E-state index in [1.807, 2.05) is 0 Å². The van der Waals surface area contributed by atoms with Crippen molar-refractivity contribution in [2.24, 2.45) is 0 Å². The quantitative estimate of drug-likeness (QED) is 0.654. The fourth-order valence-electron chi connectivity index (χ4n) is 1.85. The van der Waals surface area contributed by atoms with Gasteiger partial charge in [-0.25, -0.2) is 4.98 Å². The fraction of sp³-hybridized carbons (Fsp3) is 0.308. The standard InChI is InChI=1S/C10H12.C3H3NO/c1-2-6-10-8-4-3-7-9(10)5-1;1-2-5-3-4-1/h1-2,5-6H,3-4,7-8H2;1-3H. The number of hydrogen-bond donors (Lipinski definition) is 0. The second kappa shape index (κ2) is 5.35. The molecule has 0 radical (unpaired) electrons. The minimum Gasteiger partial charge on any atom is -0.452 e. The molecule has 1 heterocycles. The summed E-state index contributed by atoms with van der Waals surface area (Å²) in [6, 6.07) is 8.80. The summed E-state index contributed by atoms with van der Waals surface area (Å²) in [6.07, 6.45) is 9.85. The first-order chi connectivity index (χ1) is 7.47. The van der Waals surface area contributed by atoms with Gasteiger partial charge in [0.25, 0.3) is 0 Å². The molecule has 0 fully saturated rings. The van der Waals surface area contributed by atoms with E-state index in [-0.39, 0.29) is 0 Å². The van der Waals surface area contributed by atoms with E-state index in [0.29, 0.717) is 0 Å². The zero-order valence-corrected chi connectivity index (χ0v) is 8.73. The van der Waals surface area contributed by atoms with Crippen LogP contribution in [-0.2, 0) is 12.8 Å². The van der Waals surface area contributed by atoms with Gasteiger partial charge in [-0.3, -0.25) is 0 Å². The maximum Gasteiger partial charge on any atom is 0.180 e. The molecule has 1 aliphatic rings. The van der Waals surface area contributed by atoms with Crippen LogP contribution in [0.15, 0.2) is 47.5 Å². The Hall–Kier alpha value is -1.57. The van der Waals surface area contributed by atoms with E-state index < -0.39 is 0 Å². The van der Waals surface area contributed by atoms with Crippen molar-refractivity contribution in [2.45, 2.75) is 25.7 Å². The average molecular weight is 201 g/mol. The summed E-state index contributed by atoms with van der Waals surface area (Å²) in [5, 5.41) is 0. The largest absolute Gasteiger partial charge is 0.452 e. The molecule has 0 bridgehead atoms. The first-order valence-electron chi connectivity index (χ1n) is 5.36. The fourth-order valence-corrected chi connectivity index (χ4v) is 1.85.